The number of nitrogens with one attached hydrogen (secondary N) is 2. The standard InChI is InChI=1S/C20H27N3O4/c1-12(2)9-23-10-15(19(25)21-13(3)4)18(24)16(11-23)20(26)22-14(5)17-7-6-8-27-17/h6-8,10-14H,9H2,1-5H3,(H,21,25)(H,22,26)/t14-/m0/s1. The number of rotatable bonds is 7. The van der Waals surface area contributed by atoms with Gasteiger partial charge in [-0.2, -0.15) is 0 Å². The SMILES string of the molecule is CC(C)Cn1cc(C(=O)NC(C)C)c(=O)c(C(=O)N[C@@H](C)c2ccco2)c1. The minimum atomic E-state index is -0.586. The maximum atomic E-state index is 12.8. The van der Waals surface area contributed by atoms with E-state index in [-0.39, 0.29) is 23.1 Å². The first-order chi connectivity index (χ1) is 12.7. The molecule has 0 unspecified atom stereocenters. The van der Waals surface area contributed by atoms with E-state index >= 15 is 0 Å². The minimum Gasteiger partial charge on any atom is -0.467 e. The number of hydrogen-bond acceptors (Lipinski definition) is 4. The van der Waals surface area contributed by atoms with Crippen LogP contribution in [0.25, 0.3) is 0 Å². The zero-order valence-corrected chi connectivity index (χ0v) is 16.4. The normalized spacial score (nSPS) is 12.3. The van der Waals surface area contributed by atoms with Gasteiger partial charge in [0.1, 0.15) is 16.9 Å². The van der Waals surface area contributed by atoms with Crippen molar-refractivity contribution in [1.82, 2.24) is 15.2 Å². The van der Waals surface area contributed by atoms with Crippen LogP contribution in [0, 0.1) is 5.92 Å². The lowest BCUT2D eigenvalue weighted by atomic mass is 10.1. The van der Waals surface area contributed by atoms with Crippen molar-refractivity contribution in [3.8, 4) is 0 Å². The van der Waals surface area contributed by atoms with E-state index < -0.39 is 23.3 Å². The topological polar surface area (TPSA) is 93.3 Å². The van der Waals surface area contributed by atoms with Crippen LogP contribution < -0.4 is 16.1 Å². The van der Waals surface area contributed by atoms with Crippen molar-refractivity contribution in [3.63, 3.8) is 0 Å². The van der Waals surface area contributed by atoms with E-state index in [1.165, 1.54) is 18.7 Å². The molecule has 0 aliphatic rings. The minimum absolute atomic E-state index is 0.0392. The monoisotopic (exact) mass is 373 g/mol. The maximum Gasteiger partial charge on any atom is 0.257 e. The Morgan fingerprint density at radius 3 is 2.11 bits per heavy atom. The molecule has 0 saturated heterocycles. The number of nitrogens with zero attached hydrogens (tertiary/aromatic N) is 1. The van der Waals surface area contributed by atoms with Gasteiger partial charge in [-0.05, 0) is 38.8 Å². The van der Waals surface area contributed by atoms with Gasteiger partial charge in [0.15, 0.2) is 0 Å². The zero-order chi connectivity index (χ0) is 20.1. The molecular weight excluding hydrogens is 346 g/mol. The van der Waals surface area contributed by atoms with Crippen LogP contribution in [0.3, 0.4) is 0 Å². The average molecular weight is 373 g/mol. The van der Waals surface area contributed by atoms with Crippen molar-refractivity contribution in [2.24, 2.45) is 5.92 Å². The van der Waals surface area contributed by atoms with Crippen molar-refractivity contribution in [2.45, 2.75) is 53.2 Å². The fourth-order valence-corrected chi connectivity index (χ4v) is 2.70. The van der Waals surface area contributed by atoms with Crippen LogP contribution in [0.4, 0.5) is 0 Å². The van der Waals surface area contributed by atoms with Gasteiger partial charge in [-0.3, -0.25) is 14.4 Å². The summed E-state index contributed by atoms with van der Waals surface area (Å²) in [4.78, 5) is 37.9. The molecule has 0 aliphatic carbocycles. The van der Waals surface area contributed by atoms with E-state index in [2.05, 4.69) is 10.6 Å². The molecule has 1 atom stereocenters. The van der Waals surface area contributed by atoms with Gasteiger partial charge in [0.2, 0.25) is 5.43 Å². The van der Waals surface area contributed by atoms with Crippen LogP contribution in [0.2, 0.25) is 0 Å². The van der Waals surface area contributed by atoms with E-state index in [1.807, 2.05) is 27.7 Å². The van der Waals surface area contributed by atoms with Gasteiger partial charge in [0, 0.05) is 25.0 Å². The third-order valence-electron chi connectivity index (χ3n) is 3.88. The second-order valence-corrected chi connectivity index (χ2v) is 7.34. The summed E-state index contributed by atoms with van der Waals surface area (Å²) < 4.78 is 7.00. The Balaban J connectivity index is 2.39. The quantitative estimate of drug-likeness (QED) is 0.780. The van der Waals surface area contributed by atoms with Gasteiger partial charge in [-0.25, -0.2) is 0 Å². The summed E-state index contributed by atoms with van der Waals surface area (Å²) in [6.07, 6.45) is 4.52. The van der Waals surface area contributed by atoms with E-state index in [0.29, 0.717) is 12.3 Å². The summed E-state index contributed by atoms with van der Waals surface area (Å²) in [5, 5.41) is 5.46. The second-order valence-electron chi connectivity index (χ2n) is 7.34. The first-order valence-electron chi connectivity index (χ1n) is 9.08. The van der Waals surface area contributed by atoms with Gasteiger partial charge in [-0.15, -0.1) is 0 Å². The lowest BCUT2D eigenvalue weighted by Gasteiger charge is -2.16. The Bertz CT molecular complexity index is 851. The lowest BCUT2D eigenvalue weighted by molar-refractivity contribution is 0.0933. The smallest absolute Gasteiger partial charge is 0.257 e. The number of pyridine rings is 1. The Labute approximate surface area is 158 Å². The van der Waals surface area contributed by atoms with Gasteiger partial charge < -0.3 is 19.6 Å². The van der Waals surface area contributed by atoms with Crippen LogP contribution in [0.1, 0.15) is 67.1 Å². The van der Waals surface area contributed by atoms with Crippen molar-refractivity contribution < 1.29 is 14.0 Å². The van der Waals surface area contributed by atoms with Crippen LogP contribution in [0.15, 0.2) is 40.0 Å². The molecular formula is C20H27N3O4. The molecule has 0 saturated carbocycles. The Kier molecular flexibility index (Phi) is 6.60. The summed E-state index contributed by atoms with van der Waals surface area (Å²) >= 11 is 0. The van der Waals surface area contributed by atoms with E-state index in [9.17, 15) is 14.4 Å². The zero-order valence-electron chi connectivity index (χ0n) is 16.4. The van der Waals surface area contributed by atoms with E-state index in [4.69, 9.17) is 4.42 Å². The first kappa shape index (κ1) is 20.5. The van der Waals surface area contributed by atoms with Crippen molar-refractivity contribution >= 4 is 11.8 Å². The molecule has 2 aromatic heterocycles. The van der Waals surface area contributed by atoms with Gasteiger partial charge in [-0.1, -0.05) is 13.8 Å². The highest BCUT2D eigenvalue weighted by Crippen LogP contribution is 2.13. The number of aromatic nitrogens is 1. The van der Waals surface area contributed by atoms with Gasteiger partial charge in [0.05, 0.1) is 12.3 Å². The lowest BCUT2D eigenvalue weighted by Crippen LogP contribution is -2.38. The number of hydrogen-bond donors (Lipinski definition) is 2. The Hall–Kier alpha value is -2.83. The van der Waals surface area contributed by atoms with Crippen LogP contribution >= 0.6 is 0 Å². The molecule has 146 valence electrons. The number of carbonyl (C=O) groups is 2. The second kappa shape index (κ2) is 8.70. The van der Waals surface area contributed by atoms with Crippen molar-refractivity contribution in [2.75, 3.05) is 0 Å². The summed E-state index contributed by atoms with van der Waals surface area (Å²) in [5.74, 6) is -0.159. The summed E-state index contributed by atoms with van der Waals surface area (Å²) in [6.45, 7) is 10.0. The van der Waals surface area contributed by atoms with Gasteiger partial charge in [0.25, 0.3) is 11.8 Å². The van der Waals surface area contributed by atoms with Crippen LogP contribution in [-0.2, 0) is 6.54 Å². The van der Waals surface area contributed by atoms with Crippen LogP contribution in [0.5, 0.6) is 0 Å². The highest BCUT2D eigenvalue weighted by Gasteiger charge is 2.22. The fraction of sp³-hybridized carbons (Fsp3) is 0.450. The molecule has 0 bridgehead atoms. The molecule has 2 amide bonds. The predicted molar refractivity (Wildman–Crippen MR) is 103 cm³/mol. The average Bonchev–Trinajstić information content (AvgIpc) is 3.09. The Morgan fingerprint density at radius 1 is 1.04 bits per heavy atom. The molecule has 7 nitrogen and oxygen atoms in total. The first-order valence-corrected chi connectivity index (χ1v) is 9.08. The molecule has 2 rings (SSSR count). The number of carbonyl (C=O) groups excluding carboxylic acids is 2. The van der Waals surface area contributed by atoms with Crippen LogP contribution in [-0.4, -0.2) is 22.4 Å². The Morgan fingerprint density at radius 2 is 1.63 bits per heavy atom. The van der Waals surface area contributed by atoms with E-state index in [1.54, 1.807) is 23.6 Å². The number of amides is 2. The molecule has 0 radical (unpaired) electrons. The summed E-state index contributed by atoms with van der Waals surface area (Å²) in [5.41, 5.74) is -0.689. The third kappa shape index (κ3) is 5.32. The molecule has 0 fully saturated rings. The summed E-state index contributed by atoms with van der Waals surface area (Å²) in [7, 11) is 0. The highest BCUT2D eigenvalue weighted by atomic mass is 16.3. The molecule has 2 aromatic rings. The molecule has 2 heterocycles. The molecule has 0 spiro atoms. The molecule has 0 aromatic carbocycles. The maximum absolute atomic E-state index is 12.8. The molecule has 2 N–H and O–H groups in total. The predicted octanol–water partition coefficient (Wildman–Crippen LogP) is 2.73. The molecule has 27 heavy (non-hydrogen) atoms. The fourth-order valence-electron chi connectivity index (χ4n) is 2.70. The number of furan rings is 1. The highest BCUT2D eigenvalue weighted by molar-refractivity contribution is 5.99. The van der Waals surface area contributed by atoms with E-state index in [0.717, 1.165) is 0 Å². The molecule has 0 aliphatic heterocycles. The third-order valence-corrected chi connectivity index (χ3v) is 3.88. The summed E-state index contributed by atoms with van der Waals surface area (Å²) in [6, 6.07) is 2.95. The largest absolute Gasteiger partial charge is 0.467 e. The van der Waals surface area contributed by atoms with Crippen molar-refractivity contribution in [1.29, 1.82) is 0 Å². The van der Waals surface area contributed by atoms with Gasteiger partial charge >= 0.3 is 0 Å². The molecule has 7 heteroatoms. The van der Waals surface area contributed by atoms with Crippen molar-refractivity contribution in [3.05, 3.63) is 57.9 Å².